The maximum atomic E-state index is 9.93. The molecule has 1 aromatic carbocycles. The van der Waals surface area contributed by atoms with Crippen LogP contribution >= 0.6 is 11.6 Å². The van der Waals surface area contributed by atoms with E-state index in [-0.39, 0.29) is 10.9 Å². The van der Waals surface area contributed by atoms with Gasteiger partial charge in [0.05, 0.1) is 11.4 Å². The molecule has 3 aromatic rings. The highest BCUT2D eigenvalue weighted by Crippen LogP contribution is 2.29. The fraction of sp³-hybridized carbons (Fsp3) is 0.154. The number of halogens is 1. The Balaban J connectivity index is 2.39. The molecular formula is C13H11ClN4O. The molecule has 0 saturated heterocycles. The fourth-order valence-electron chi connectivity index (χ4n) is 2.17. The van der Waals surface area contributed by atoms with Gasteiger partial charge in [0.1, 0.15) is 17.0 Å². The Hall–Kier alpha value is -2.14. The quantitative estimate of drug-likeness (QED) is 0.741. The van der Waals surface area contributed by atoms with Gasteiger partial charge in [-0.2, -0.15) is 10.2 Å². The van der Waals surface area contributed by atoms with E-state index in [2.05, 4.69) is 15.3 Å². The van der Waals surface area contributed by atoms with Crippen LogP contribution in [-0.2, 0) is 0 Å². The molecular weight excluding hydrogens is 264 g/mol. The van der Waals surface area contributed by atoms with Crippen molar-refractivity contribution >= 4 is 22.5 Å². The summed E-state index contributed by atoms with van der Waals surface area (Å²) in [6.07, 6.45) is 0. The lowest BCUT2D eigenvalue weighted by Gasteiger charge is -2.06. The number of phenols is 1. The number of rotatable bonds is 1. The molecule has 96 valence electrons. The van der Waals surface area contributed by atoms with Crippen molar-refractivity contribution in [3.8, 4) is 11.4 Å². The van der Waals surface area contributed by atoms with Gasteiger partial charge in [0.25, 0.3) is 0 Å². The molecule has 0 radical (unpaired) electrons. The zero-order valence-electron chi connectivity index (χ0n) is 10.4. The molecule has 0 amide bonds. The maximum absolute atomic E-state index is 9.93. The smallest absolute Gasteiger partial charge is 0.179 e. The van der Waals surface area contributed by atoms with Crippen molar-refractivity contribution in [3.05, 3.63) is 40.8 Å². The zero-order chi connectivity index (χ0) is 13.6. The van der Waals surface area contributed by atoms with Gasteiger partial charge in [-0.25, -0.2) is 4.68 Å². The summed E-state index contributed by atoms with van der Waals surface area (Å²) in [7, 11) is 0. The number of fused-ring (bicyclic) bond motifs is 1. The number of aryl methyl sites for hydroxylation is 2. The third-order valence-electron chi connectivity index (χ3n) is 3.07. The van der Waals surface area contributed by atoms with E-state index < -0.39 is 0 Å². The second-order valence-electron chi connectivity index (χ2n) is 4.29. The number of para-hydroxylation sites is 2. The van der Waals surface area contributed by atoms with Crippen LogP contribution in [0.3, 0.4) is 0 Å². The molecule has 0 aliphatic heterocycles. The van der Waals surface area contributed by atoms with E-state index in [1.165, 1.54) is 0 Å². The third kappa shape index (κ3) is 1.74. The number of aromatic hydroxyl groups is 1. The molecule has 3 rings (SSSR count). The third-order valence-corrected chi connectivity index (χ3v) is 3.33. The van der Waals surface area contributed by atoms with Gasteiger partial charge in [-0.15, -0.1) is 5.10 Å². The van der Waals surface area contributed by atoms with Gasteiger partial charge in [0.15, 0.2) is 5.15 Å². The van der Waals surface area contributed by atoms with E-state index in [4.69, 9.17) is 11.6 Å². The molecule has 2 aromatic heterocycles. The standard InChI is InChI=1S/C13H11ClN4O/c1-7-11-8(2)18(9-5-3-4-6-10(9)19)17-12(11)13(14)16-15-7/h3-6,19H,1-2H3. The Morgan fingerprint density at radius 1 is 1.16 bits per heavy atom. The summed E-state index contributed by atoms with van der Waals surface area (Å²) < 4.78 is 1.65. The molecule has 5 nitrogen and oxygen atoms in total. The molecule has 0 aliphatic rings. The number of hydrogen-bond acceptors (Lipinski definition) is 4. The number of phenolic OH excluding ortho intramolecular Hbond substituents is 1. The summed E-state index contributed by atoms with van der Waals surface area (Å²) in [6, 6.07) is 7.01. The van der Waals surface area contributed by atoms with Gasteiger partial charge in [-0.1, -0.05) is 23.7 Å². The first-order valence-corrected chi connectivity index (χ1v) is 6.14. The molecule has 0 spiro atoms. The first-order valence-electron chi connectivity index (χ1n) is 5.76. The van der Waals surface area contributed by atoms with Crippen molar-refractivity contribution < 1.29 is 5.11 Å². The van der Waals surface area contributed by atoms with Crippen LogP contribution in [0, 0.1) is 13.8 Å². The Labute approximate surface area is 114 Å². The van der Waals surface area contributed by atoms with Crippen LogP contribution in [0.2, 0.25) is 5.15 Å². The second kappa shape index (κ2) is 4.20. The summed E-state index contributed by atoms with van der Waals surface area (Å²) in [5.41, 5.74) is 2.82. The molecule has 0 fully saturated rings. The van der Waals surface area contributed by atoms with E-state index in [1.807, 2.05) is 19.9 Å². The Kier molecular flexibility index (Phi) is 2.64. The highest BCUT2D eigenvalue weighted by molar-refractivity contribution is 6.33. The summed E-state index contributed by atoms with van der Waals surface area (Å²) in [5.74, 6) is 0.160. The minimum atomic E-state index is 0.160. The van der Waals surface area contributed by atoms with Gasteiger partial charge < -0.3 is 5.11 Å². The Morgan fingerprint density at radius 3 is 2.58 bits per heavy atom. The van der Waals surface area contributed by atoms with Crippen molar-refractivity contribution in [2.75, 3.05) is 0 Å². The van der Waals surface area contributed by atoms with Crippen molar-refractivity contribution in [3.63, 3.8) is 0 Å². The molecule has 0 unspecified atom stereocenters. The van der Waals surface area contributed by atoms with E-state index in [0.717, 1.165) is 16.8 Å². The number of aromatic nitrogens is 4. The van der Waals surface area contributed by atoms with Gasteiger partial charge in [-0.3, -0.25) is 0 Å². The predicted octanol–water partition coefficient (Wildman–Crippen LogP) is 2.79. The van der Waals surface area contributed by atoms with Crippen LogP contribution < -0.4 is 0 Å². The highest BCUT2D eigenvalue weighted by Gasteiger charge is 2.16. The molecule has 1 N–H and O–H groups in total. The van der Waals surface area contributed by atoms with Gasteiger partial charge >= 0.3 is 0 Å². The largest absolute Gasteiger partial charge is 0.506 e. The van der Waals surface area contributed by atoms with Crippen LogP contribution in [0.25, 0.3) is 16.6 Å². The van der Waals surface area contributed by atoms with Crippen LogP contribution in [0.15, 0.2) is 24.3 Å². The van der Waals surface area contributed by atoms with Crippen LogP contribution in [-0.4, -0.2) is 25.1 Å². The highest BCUT2D eigenvalue weighted by atomic mass is 35.5. The van der Waals surface area contributed by atoms with Crippen molar-refractivity contribution in [1.29, 1.82) is 0 Å². The van der Waals surface area contributed by atoms with Crippen LogP contribution in [0.5, 0.6) is 5.75 Å². The molecule has 0 bridgehead atoms. The molecule has 19 heavy (non-hydrogen) atoms. The van der Waals surface area contributed by atoms with Crippen molar-refractivity contribution in [1.82, 2.24) is 20.0 Å². The number of nitrogens with zero attached hydrogens (tertiary/aromatic N) is 4. The average Bonchev–Trinajstić information content (AvgIpc) is 2.74. The van der Waals surface area contributed by atoms with E-state index in [0.29, 0.717) is 11.2 Å². The minimum Gasteiger partial charge on any atom is -0.506 e. The predicted molar refractivity (Wildman–Crippen MR) is 72.8 cm³/mol. The van der Waals surface area contributed by atoms with Crippen molar-refractivity contribution in [2.24, 2.45) is 0 Å². The van der Waals surface area contributed by atoms with E-state index in [9.17, 15) is 5.11 Å². The second-order valence-corrected chi connectivity index (χ2v) is 4.64. The number of hydrogen-bond donors (Lipinski definition) is 1. The Bertz CT molecular complexity index is 782. The first kappa shape index (κ1) is 11.9. The lowest BCUT2D eigenvalue weighted by atomic mass is 10.2. The minimum absolute atomic E-state index is 0.160. The topological polar surface area (TPSA) is 63.8 Å². The zero-order valence-corrected chi connectivity index (χ0v) is 11.2. The van der Waals surface area contributed by atoms with Crippen molar-refractivity contribution in [2.45, 2.75) is 13.8 Å². The monoisotopic (exact) mass is 274 g/mol. The van der Waals surface area contributed by atoms with Crippen LogP contribution in [0.1, 0.15) is 11.4 Å². The molecule has 0 atom stereocenters. The lowest BCUT2D eigenvalue weighted by molar-refractivity contribution is 0.470. The molecule has 6 heteroatoms. The summed E-state index contributed by atoms with van der Waals surface area (Å²) in [6.45, 7) is 3.77. The van der Waals surface area contributed by atoms with Gasteiger partial charge in [0, 0.05) is 5.39 Å². The van der Waals surface area contributed by atoms with Crippen LogP contribution in [0.4, 0.5) is 0 Å². The SMILES string of the molecule is Cc1nnc(Cl)c2nn(-c3ccccc3O)c(C)c12. The Morgan fingerprint density at radius 2 is 1.89 bits per heavy atom. The summed E-state index contributed by atoms with van der Waals surface area (Å²) >= 11 is 6.03. The fourth-order valence-corrected chi connectivity index (χ4v) is 2.34. The summed E-state index contributed by atoms with van der Waals surface area (Å²) in [5, 5.41) is 23.3. The van der Waals surface area contributed by atoms with Gasteiger partial charge in [0.2, 0.25) is 0 Å². The first-order chi connectivity index (χ1) is 9.09. The molecule has 2 heterocycles. The molecule has 0 aliphatic carbocycles. The summed E-state index contributed by atoms with van der Waals surface area (Å²) in [4.78, 5) is 0. The van der Waals surface area contributed by atoms with E-state index >= 15 is 0 Å². The normalized spacial score (nSPS) is 11.1. The lowest BCUT2D eigenvalue weighted by Crippen LogP contribution is -1.98. The molecule has 0 saturated carbocycles. The number of benzene rings is 1. The van der Waals surface area contributed by atoms with Gasteiger partial charge in [-0.05, 0) is 26.0 Å². The maximum Gasteiger partial charge on any atom is 0.179 e. The van der Waals surface area contributed by atoms with E-state index in [1.54, 1.807) is 22.9 Å². The average molecular weight is 275 g/mol.